The topological polar surface area (TPSA) is 104 Å². The number of aromatic nitrogens is 3. The zero-order chi connectivity index (χ0) is 19.3. The molecule has 3 heterocycles. The van der Waals surface area contributed by atoms with Crippen LogP contribution in [-0.2, 0) is 4.74 Å². The van der Waals surface area contributed by atoms with Gasteiger partial charge in [-0.1, -0.05) is 30.3 Å². The maximum atomic E-state index is 12.3. The molecule has 0 saturated carbocycles. The highest BCUT2D eigenvalue weighted by molar-refractivity contribution is 5.94. The third-order valence-electron chi connectivity index (χ3n) is 4.84. The molecular formula is C20H24N6O2. The molecule has 28 heavy (non-hydrogen) atoms. The summed E-state index contributed by atoms with van der Waals surface area (Å²) in [6.45, 7) is 3.44. The number of H-pyrrole nitrogens is 1. The quantitative estimate of drug-likeness (QED) is 0.543. The van der Waals surface area contributed by atoms with Gasteiger partial charge in [-0.25, -0.2) is 9.78 Å². The molecule has 0 aliphatic carbocycles. The summed E-state index contributed by atoms with van der Waals surface area (Å²) in [4.78, 5) is 16.6. The Morgan fingerprint density at radius 3 is 2.96 bits per heavy atom. The lowest BCUT2D eigenvalue weighted by Crippen LogP contribution is -2.31. The fraction of sp³-hybridized carbons (Fsp3) is 0.350. The summed E-state index contributed by atoms with van der Waals surface area (Å²) in [6, 6.07) is 11.4. The third-order valence-corrected chi connectivity index (χ3v) is 4.84. The summed E-state index contributed by atoms with van der Waals surface area (Å²) in [6.07, 6.45) is 3.81. The van der Waals surface area contributed by atoms with Crippen LogP contribution in [0.3, 0.4) is 0 Å². The Labute approximate surface area is 163 Å². The summed E-state index contributed by atoms with van der Waals surface area (Å²) < 4.78 is 5.50. The molecule has 4 rings (SSSR count). The van der Waals surface area contributed by atoms with Crippen LogP contribution in [0.4, 0.5) is 16.4 Å². The molecule has 1 fully saturated rings. The van der Waals surface area contributed by atoms with Gasteiger partial charge >= 0.3 is 6.03 Å². The fourth-order valence-electron chi connectivity index (χ4n) is 3.31. The molecule has 2 amide bonds. The Kier molecular flexibility index (Phi) is 5.38. The Morgan fingerprint density at radius 2 is 2.18 bits per heavy atom. The molecule has 1 saturated heterocycles. The van der Waals surface area contributed by atoms with Gasteiger partial charge in [-0.3, -0.25) is 10.4 Å². The van der Waals surface area contributed by atoms with E-state index in [0.717, 1.165) is 41.7 Å². The van der Waals surface area contributed by atoms with Crippen LogP contribution in [0.1, 0.15) is 31.4 Å². The molecule has 0 spiro atoms. The average Bonchev–Trinajstić information content (AvgIpc) is 3.11. The van der Waals surface area contributed by atoms with Crippen molar-refractivity contribution in [1.29, 1.82) is 0 Å². The number of pyridine rings is 1. The van der Waals surface area contributed by atoms with Crippen molar-refractivity contribution in [2.45, 2.75) is 31.8 Å². The number of amides is 2. The molecule has 3 aromatic rings. The number of carbonyl (C=O) groups is 1. The molecule has 2 atom stereocenters. The van der Waals surface area contributed by atoms with E-state index in [0.29, 0.717) is 12.4 Å². The molecule has 1 aliphatic rings. The Balaban J connectivity index is 1.40. The smallest absolute Gasteiger partial charge is 0.320 e. The number of aromatic amines is 1. The van der Waals surface area contributed by atoms with Crippen LogP contribution in [0.5, 0.6) is 0 Å². The standard InChI is InChI=1S/C20H24N6O2/c1-13(14-6-3-2-4-7-14)22-20(27)24-18-10-17-16(11-21-18)19(26-25-17)23-15-8-5-9-28-12-15/h2-4,6-7,10-11,13,15H,5,8-9,12H2,1H3,(H2,23,25,26)(H2,21,22,24,27). The molecule has 1 aliphatic heterocycles. The van der Waals surface area contributed by atoms with Gasteiger partial charge in [0.2, 0.25) is 0 Å². The van der Waals surface area contributed by atoms with Crippen molar-refractivity contribution in [1.82, 2.24) is 20.5 Å². The van der Waals surface area contributed by atoms with Gasteiger partial charge in [0.15, 0.2) is 5.82 Å². The number of anilines is 2. The second-order valence-electron chi connectivity index (χ2n) is 6.98. The number of nitrogens with zero attached hydrogens (tertiary/aromatic N) is 2. The average molecular weight is 380 g/mol. The molecular weight excluding hydrogens is 356 g/mol. The van der Waals surface area contributed by atoms with Crippen LogP contribution in [0, 0.1) is 0 Å². The predicted molar refractivity (Wildman–Crippen MR) is 108 cm³/mol. The van der Waals surface area contributed by atoms with Crippen molar-refractivity contribution in [3.63, 3.8) is 0 Å². The SMILES string of the molecule is CC(NC(=O)Nc1cc2[nH]nc(NC3CCCOC3)c2cn1)c1ccccc1. The number of urea groups is 1. The minimum Gasteiger partial charge on any atom is -0.379 e. The van der Waals surface area contributed by atoms with E-state index in [-0.39, 0.29) is 18.1 Å². The van der Waals surface area contributed by atoms with Crippen LogP contribution in [0.2, 0.25) is 0 Å². The van der Waals surface area contributed by atoms with Gasteiger partial charge < -0.3 is 15.4 Å². The molecule has 1 aromatic carbocycles. The monoisotopic (exact) mass is 380 g/mol. The van der Waals surface area contributed by atoms with E-state index in [2.05, 4.69) is 31.1 Å². The lowest BCUT2D eigenvalue weighted by atomic mass is 10.1. The first-order valence-corrected chi connectivity index (χ1v) is 9.50. The Bertz CT molecular complexity index is 936. The molecule has 2 aromatic heterocycles. The molecule has 146 valence electrons. The summed E-state index contributed by atoms with van der Waals surface area (Å²) in [5, 5.41) is 17.3. The number of nitrogens with one attached hydrogen (secondary N) is 4. The maximum absolute atomic E-state index is 12.3. The van der Waals surface area contributed by atoms with E-state index in [1.54, 1.807) is 12.3 Å². The van der Waals surface area contributed by atoms with E-state index >= 15 is 0 Å². The summed E-state index contributed by atoms with van der Waals surface area (Å²) in [5.74, 6) is 1.22. The molecule has 4 N–H and O–H groups in total. The predicted octanol–water partition coefficient (Wildman–Crippen LogP) is 3.43. The number of benzene rings is 1. The zero-order valence-electron chi connectivity index (χ0n) is 15.7. The normalized spacial score (nSPS) is 17.8. The first-order chi connectivity index (χ1) is 13.7. The van der Waals surface area contributed by atoms with Crippen LogP contribution < -0.4 is 16.0 Å². The highest BCUT2D eigenvalue weighted by Gasteiger charge is 2.17. The zero-order valence-corrected chi connectivity index (χ0v) is 15.7. The summed E-state index contributed by atoms with van der Waals surface area (Å²) in [7, 11) is 0. The number of hydrogen-bond acceptors (Lipinski definition) is 5. The van der Waals surface area contributed by atoms with Crippen molar-refractivity contribution in [2.24, 2.45) is 0 Å². The fourth-order valence-corrected chi connectivity index (χ4v) is 3.31. The largest absolute Gasteiger partial charge is 0.379 e. The van der Waals surface area contributed by atoms with Crippen LogP contribution in [0.15, 0.2) is 42.6 Å². The van der Waals surface area contributed by atoms with Gasteiger partial charge in [0, 0.05) is 18.9 Å². The summed E-state index contributed by atoms with van der Waals surface area (Å²) >= 11 is 0. The highest BCUT2D eigenvalue weighted by atomic mass is 16.5. The van der Waals surface area contributed by atoms with Crippen molar-refractivity contribution >= 4 is 28.6 Å². The van der Waals surface area contributed by atoms with Crippen molar-refractivity contribution in [3.8, 4) is 0 Å². The van der Waals surface area contributed by atoms with Crippen LogP contribution in [0.25, 0.3) is 10.9 Å². The molecule has 0 bridgehead atoms. The van der Waals surface area contributed by atoms with Crippen molar-refractivity contribution in [2.75, 3.05) is 23.8 Å². The number of ether oxygens (including phenoxy) is 1. The van der Waals surface area contributed by atoms with Gasteiger partial charge in [-0.05, 0) is 25.3 Å². The van der Waals surface area contributed by atoms with E-state index in [1.807, 2.05) is 37.3 Å². The van der Waals surface area contributed by atoms with Gasteiger partial charge in [0.25, 0.3) is 0 Å². The number of rotatable bonds is 5. The minimum absolute atomic E-state index is 0.106. The number of hydrogen-bond donors (Lipinski definition) is 4. The maximum Gasteiger partial charge on any atom is 0.320 e. The van der Waals surface area contributed by atoms with Gasteiger partial charge in [0.05, 0.1) is 29.6 Å². The molecule has 8 heteroatoms. The minimum atomic E-state index is -0.305. The second kappa shape index (κ2) is 8.26. The second-order valence-corrected chi connectivity index (χ2v) is 6.98. The third kappa shape index (κ3) is 4.23. The van der Waals surface area contributed by atoms with Crippen LogP contribution >= 0.6 is 0 Å². The molecule has 8 nitrogen and oxygen atoms in total. The molecule has 0 radical (unpaired) electrons. The first kappa shape index (κ1) is 18.2. The van der Waals surface area contributed by atoms with Gasteiger partial charge in [-0.2, -0.15) is 5.10 Å². The first-order valence-electron chi connectivity index (χ1n) is 9.50. The lowest BCUT2D eigenvalue weighted by Gasteiger charge is -2.23. The van der Waals surface area contributed by atoms with E-state index in [4.69, 9.17) is 4.74 Å². The Hall–Kier alpha value is -3.13. The van der Waals surface area contributed by atoms with E-state index in [9.17, 15) is 4.79 Å². The van der Waals surface area contributed by atoms with E-state index < -0.39 is 0 Å². The number of fused-ring (bicyclic) bond motifs is 1. The van der Waals surface area contributed by atoms with Crippen molar-refractivity contribution < 1.29 is 9.53 Å². The lowest BCUT2D eigenvalue weighted by molar-refractivity contribution is 0.0875. The highest BCUT2D eigenvalue weighted by Crippen LogP contribution is 2.23. The number of carbonyl (C=O) groups excluding carboxylic acids is 1. The van der Waals surface area contributed by atoms with E-state index in [1.165, 1.54) is 0 Å². The van der Waals surface area contributed by atoms with Gasteiger partial charge in [0.1, 0.15) is 5.82 Å². The molecule has 2 unspecified atom stereocenters. The van der Waals surface area contributed by atoms with Gasteiger partial charge in [-0.15, -0.1) is 0 Å². The summed E-state index contributed by atoms with van der Waals surface area (Å²) in [5.41, 5.74) is 1.85. The van der Waals surface area contributed by atoms with Crippen molar-refractivity contribution in [3.05, 3.63) is 48.2 Å². The van der Waals surface area contributed by atoms with Crippen LogP contribution in [-0.4, -0.2) is 40.5 Å². The Morgan fingerprint density at radius 1 is 1.32 bits per heavy atom.